The summed E-state index contributed by atoms with van der Waals surface area (Å²) in [6, 6.07) is 10.0. The molecule has 0 radical (unpaired) electrons. The minimum Gasteiger partial charge on any atom is -0.489 e. The van der Waals surface area contributed by atoms with E-state index in [1.165, 1.54) is 11.0 Å². The van der Waals surface area contributed by atoms with E-state index in [4.69, 9.17) is 4.74 Å². The first-order valence-corrected chi connectivity index (χ1v) is 8.67. The zero-order valence-electron chi connectivity index (χ0n) is 15.0. The van der Waals surface area contributed by atoms with Gasteiger partial charge in [-0.25, -0.2) is 8.78 Å². The van der Waals surface area contributed by atoms with Gasteiger partial charge in [-0.15, -0.1) is 0 Å². The highest BCUT2D eigenvalue weighted by atomic mass is 19.1. The molecule has 1 N–H and O–H groups in total. The average Bonchev–Trinajstić information content (AvgIpc) is 2.98. The minimum atomic E-state index is -0.833. The van der Waals surface area contributed by atoms with Gasteiger partial charge in [0.25, 0.3) is 0 Å². The summed E-state index contributed by atoms with van der Waals surface area (Å²) in [5.74, 6) is -2.40. The Hall–Kier alpha value is -2.96. The van der Waals surface area contributed by atoms with Crippen molar-refractivity contribution < 1.29 is 23.1 Å². The first-order valence-electron chi connectivity index (χ1n) is 8.67. The van der Waals surface area contributed by atoms with E-state index < -0.39 is 17.6 Å². The Morgan fingerprint density at radius 2 is 1.96 bits per heavy atom. The molecule has 142 valence electrons. The monoisotopic (exact) mass is 374 g/mol. The van der Waals surface area contributed by atoms with Crippen LogP contribution in [0, 0.1) is 17.6 Å². The second-order valence-corrected chi connectivity index (χ2v) is 6.65. The largest absolute Gasteiger partial charge is 0.489 e. The Morgan fingerprint density at radius 3 is 2.67 bits per heavy atom. The molecule has 0 aromatic heterocycles. The van der Waals surface area contributed by atoms with Gasteiger partial charge in [0.15, 0.2) is 0 Å². The molecule has 1 saturated heterocycles. The summed E-state index contributed by atoms with van der Waals surface area (Å²) in [7, 11) is 0. The summed E-state index contributed by atoms with van der Waals surface area (Å²) in [4.78, 5) is 26.0. The summed E-state index contributed by atoms with van der Waals surface area (Å²) in [5, 5.41) is 2.78. The molecule has 2 aromatic rings. The van der Waals surface area contributed by atoms with E-state index in [-0.39, 0.29) is 36.6 Å². The van der Waals surface area contributed by atoms with Gasteiger partial charge >= 0.3 is 0 Å². The third kappa shape index (κ3) is 4.24. The molecule has 0 aliphatic carbocycles. The molecule has 27 heavy (non-hydrogen) atoms. The second kappa shape index (κ2) is 7.73. The first kappa shape index (κ1) is 18.8. The van der Waals surface area contributed by atoms with Crippen LogP contribution in [0.25, 0.3) is 0 Å². The highest BCUT2D eigenvalue weighted by Crippen LogP contribution is 2.30. The quantitative estimate of drug-likeness (QED) is 0.867. The fourth-order valence-corrected chi connectivity index (χ4v) is 2.98. The number of halogens is 2. The fraction of sp³-hybridized carbons (Fsp3) is 0.300. The number of carbonyl (C=O) groups excluding carboxylic acids is 2. The summed E-state index contributed by atoms with van der Waals surface area (Å²) in [5.41, 5.74) is 0.482. The maximum atomic E-state index is 14.0. The molecule has 2 amide bonds. The van der Waals surface area contributed by atoms with E-state index in [0.717, 1.165) is 12.1 Å². The molecule has 3 rings (SSSR count). The molecule has 1 aliphatic rings. The number of amides is 2. The topological polar surface area (TPSA) is 58.6 Å². The van der Waals surface area contributed by atoms with E-state index in [1.54, 1.807) is 24.3 Å². The number of para-hydroxylation sites is 2. The lowest BCUT2D eigenvalue weighted by Crippen LogP contribution is -2.29. The van der Waals surface area contributed by atoms with Crippen LogP contribution in [0.15, 0.2) is 42.5 Å². The predicted molar refractivity (Wildman–Crippen MR) is 97.7 cm³/mol. The van der Waals surface area contributed by atoms with Gasteiger partial charge in [0.05, 0.1) is 23.4 Å². The lowest BCUT2D eigenvalue weighted by Gasteiger charge is -2.18. The van der Waals surface area contributed by atoms with Crippen LogP contribution in [0.1, 0.15) is 20.3 Å². The number of nitrogens with one attached hydrogen (secondary N) is 1. The number of anilines is 2. The van der Waals surface area contributed by atoms with E-state index in [2.05, 4.69) is 5.32 Å². The standard InChI is InChI=1S/C20H20F2N2O3/c1-12(2)27-18-6-4-3-5-16(18)23-20(26)13-9-19(25)24(11-13)17-8-7-14(21)10-15(17)22/h3-8,10,12-13H,9,11H2,1-2H3,(H,23,26). The van der Waals surface area contributed by atoms with Crippen molar-refractivity contribution in [2.45, 2.75) is 26.4 Å². The normalized spacial score (nSPS) is 16.7. The Labute approximate surface area is 155 Å². The van der Waals surface area contributed by atoms with Gasteiger partial charge < -0.3 is 15.0 Å². The predicted octanol–water partition coefficient (Wildman–Crippen LogP) is 3.74. The number of hydrogen-bond donors (Lipinski definition) is 1. The Morgan fingerprint density at radius 1 is 1.22 bits per heavy atom. The Bertz CT molecular complexity index is 870. The zero-order valence-corrected chi connectivity index (χ0v) is 15.0. The summed E-state index contributed by atoms with van der Waals surface area (Å²) in [6.45, 7) is 3.78. The number of hydrogen-bond acceptors (Lipinski definition) is 3. The van der Waals surface area contributed by atoms with Crippen molar-refractivity contribution in [3.63, 3.8) is 0 Å². The molecule has 1 fully saturated rings. The highest BCUT2D eigenvalue weighted by molar-refractivity contribution is 6.04. The third-order valence-electron chi connectivity index (χ3n) is 4.20. The molecule has 1 atom stereocenters. The summed E-state index contributed by atoms with van der Waals surface area (Å²) in [6.07, 6.45) is -0.108. The molecule has 5 nitrogen and oxygen atoms in total. The Kier molecular flexibility index (Phi) is 5.39. The van der Waals surface area contributed by atoms with Gasteiger partial charge in [-0.3, -0.25) is 9.59 Å². The van der Waals surface area contributed by atoms with Gasteiger partial charge in [0.1, 0.15) is 17.4 Å². The number of benzene rings is 2. The number of nitrogens with zero attached hydrogens (tertiary/aromatic N) is 1. The van der Waals surface area contributed by atoms with Crippen molar-refractivity contribution in [1.29, 1.82) is 0 Å². The lowest BCUT2D eigenvalue weighted by molar-refractivity contribution is -0.122. The fourth-order valence-electron chi connectivity index (χ4n) is 2.98. The molecule has 2 aromatic carbocycles. The average molecular weight is 374 g/mol. The van der Waals surface area contributed by atoms with Crippen molar-refractivity contribution in [2.24, 2.45) is 5.92 Å². The number of rotatable bonds is 5. The van der Waals surface area contributed by atoms with Crippen LogP contribution in [0.3, 0.4) is 0 Å². The summed E-state index contributed by atoms with van der Waals surface area (Å²) < 4.78 is 32.7. The molecule has 0 bridgehead atoms. The molecular formula is C20H20F2N2O3. The van der Waals surface area contributed by atoms with E-state index >= 15 is 0 Å². The zero-order chi connectivity index (χ0) is 19.6. The van der Waals surface area contributed by atoms with Gasteiger partial charge in [0.2, 0.25) is 11.8 Å². The van der Waals surface area contributed by atoms with Crippen LogP contribution in [0.4, 0.5) is 20.2 Å². The van der Waals surface area contributed by atoms with E-state index in [0.29, 0.717) is 11.4 Å². The van der Waals surface area contributed by atoms with Gasteiger partial charge in [-0.2, -0.15) is 0 Å². The van der Waals surface area contributed by atoms with E-state index in [9.17, 15) is 18.4 Å². The maximum absolute atomic E-state index is 14.0. The van der Waals surface area contributed by atoms with Crippen LogP contribution in [0.2, 0.25) is 0 Å². The van der Waals surface area contributed by atoms with Crippen molar-refractivity contribution in [3.05, 3.63) is 54.1 Å². The number of carbonyl (C=O) groups is 2. The smallest absolute Gasteiger partial charge is 0.229 e. The SMILES string of the molecule is CC(C)Oc1ccccc1NC(=O)C1CC(=O)N(c2ccc(F)cc2F)C1. The van der Waals surface area contributed by atoms with Crippen molar-refractivity contribution in [1.82, 2.24) is 0 Å². The minimum absolute atomic E-state index is 0.0276. The van der Waals surface area contributed by atoms with Crippen molar-refractivity contribution >= 4 is 23.2 Å². The van der Waals surface area contributed by atoms with Crippen LogP contribution < -0.4 is 15.0 Å². The molecule has 7 heteroatoms. The van der Waals surface area contributed by atoms with Crippen LogP contribution in [-0.4, -0.2) is 24.5 Å². The van der Waals surface area contributed by atoms with E-state index in [1.807, 2.05) is 13.8 Å². The van der Waals surface area contributed by atoms with Gasteiger partial charge in [-0.05, 0) is 38.1 Å². The summed E-state index contributed by atoms with van der Waals surface area (Å²) >= 11 is 0. The molecule has 0 saturated carbocycles. The number of ether oxygens (including phenoxy) is 1. The molecule has 0 spiro atoms. The molecule has 1 heterocycles. The third-order valence-corrected chi connectivity index (χ3v) is 4.20. The first-order chi connectivity index (χ1) is 12.8. The molecule has 1 aliphatic heterocycles. The highest BCUT2D eigenvalue weighted by Gasteiger charge is 2.36. The second-order valence-electron chi connectivity index (χ2n) is 6.65. The van der Waals surface area contributed by atoms with Crippen LogP contribution in [-0.2, 0) is 9.59 Å². The van der Waals surface area contributed by atoms with Crippen molar-refractivity contribution in [3.8, 4) is 5.75 Å². The Balaban J connectivity index is 1.73. The van der Waals surface area contributed by atoms with Crippen LogP contribution >= 0.6 is 0 Å². The molecular weight excluding hydrogens is 354 g/mol. The lowest BCUT2D eigenvalue weighted by atomic mass is 10.1. The van der Waals surface area contributed by atoms with Crippen molar-refractivity contribution in [2.75, 3.05) is 16.8 Å². The van der Waals surface area contributed by atoms with Gasteiger partial charge in [0, 0.05) is 19.0 Å². The maximum Gasteiger partial charge on any atom is 0.229 e. The van der Waals surface area contributed by atoms with Gasteiger partial charge in [-0.1, -0.05) is 12.1 Å². The van der Waals surface area contributed by atoms with Crippen LogP contribution in [0.5, 0.6) is 5.75 Å². The molecule has 1 unspecified atom stereocenters.